The van der Waals surface area contributed by atoms with Gasteiger partial charge in [-0.1, -0.05) is 0 Å². The first-order valence-corrected chi connectivity index (χ1v) is 8.15. The van der Waals surface area contributed by atoms with Crippen LogP contribution in [0.4, 0.5) is 8.78 Å². The molecule has 0 aliphatic rings. The maximum absolute atomic E-state index is 13.1. The number of halogens is 2. The summed E-state index contributed by atoms with van der Waals surface area (Å²) in [6.45, 7) is 0.0382. The van der Waals surface area contributed by atoms with Gasteiger partial charge >= 0.3 is 0 Å². The number of amides is 2. The predicted molar refractivity (Wildman–Crippen MR) is 95.0 cm³/mol. The van der Waals surface area contributed by atoms with Crippen LogP contribution in [0.5, 0.6) is 11.5 Å². The molecule has 0 spiro atoms. The van der Waals surface area contributed by atoms with Crippen LogP contribution in [-0.2, 0) is 11.2 Å². The summed E-state index contributed by atoms with van der Waals surface area (Å²) in [4.78, 5) is 23.7. The minimum atomic E-state index is -1.13. The molecule has 2 aromatic rings. The third-order valence-electron chi connectivity index (χ3n) is 3.80. The van der Waals surface area contributed by atoms with Crippen molar-refractivity contribution in [2.24, 2.45) is 0 Å². The molecule has 0 aromatic heterocycles. The molecule has 0 saturated heterocycles. The second kappa shape index (κ2) is 9.51. The van der Waals surface area contributed by atoms with E-state index in [-0.39, 0.29) is 12.1 Å². The maximum Gasteiger partial charge on any atom is 0.251 e. The van der Waals surface area contributed by atoms with Gasteiger partial charge in [-0.2, -0.15) is 0 Å². The Morgan fingerprint density at radius 3 is 2.41 bits per heavy atom. The van der Waals surface area contributed by atoms with Crippen molar-refractivity contribution < 1.29 is 27.8 Å². The summed E-state index contributed by atoms with van der Waals surface area (Å²) < 4.78 is 36.4. The molecule has 2 rings (SSSR count). The largest absolute Gasteiger partial charge is 0.497 e. The normalized spacial score (nSPS) is 10.2. The minimum absolute atomic E-state index is 0.0668. The van der Waals surface area contributed by atoms with E-state index in [9.17, 15) is 18.4 Å². The number of hydrogen-bond acceptors (Lipinski definition) is 4. The zero-order valence-corrected chi connectivity index (χ0v) is 15.0. The standard InChI is InChI=1S/C19H20F2N2O4/c1-26-14-4-6-17(27-2)12(9-14)7-8-22-18(24)11-23-19(25)13-3-5-15(20)16(21)10-13/h3-6,9-10H,7-8,11H2,1-2H3,(H,22,24)(H,23,25). The van der Waals surface area contributed by atoms with E-state index in [1.807, 2.05) is 6.07 Å². The van der Waals surface area contributed by atoms with Gasteiger partial charge in [-0.3, -0.25) is 9.59 Å². The molecule has 0 aliphatic heterocycles. The van der Waals surface area contributed by atoms with Crippen molar-refractivity contribution in [3.8, 4) is 11.5 Å². The first-order chi connectivity index (χ1) is 12.9. The quantitative estimate of drug-likeness (QED) is 0.737. The number of carbonyl (C=O) groups is 2. The molecule has 144 valence electrons. The number of benzene rings is 2. The zero-order valence-electron chi connectivity index (χ0n) is 15.0. The molecule has 0 fully saturated rings. The van der Waals surface area contributed by atoms with Gasteiger partial charge < -0.3 is 20.1 Å². The van der Waals surface area contributed by atoms with Crippen LogP contribution in [-0.4, -0.2) is 39.1 Å². The molecular formula is C19H20F2N2O4. The summed E-state index contributed by atoms with van der Waals surface area (Å²) >= 11 is 0. The lowest BCUT2D eigenvalue weighted by molar-refractivity contribution is -0.120. The lowest BCUT2D eigenvalue weighted by Crippen LogP contribution is -2.37. The van der Waals surface area contributed by atoms with Crippen LogP contribution < -0.4 is 20.1 Å². The number of rotatable bonds is 8. The highest BCUT2D eigenvalue weighted by atomic mass is 19.2. The third kappa shape index (κ3) is 5.67. The number of nitrogens with one attached hydrogen (secondary N) is 2. The summed E-state index contributed by atoms with van der Waals surface area (Å²) in [5, 5.41) is 5.01. The highest BCUT2D eigenvalue weighted by molar-refractivity contribution is 5.96. The topological polar surface area (TPSA) is 76.7 Å². The molecule has 0 atom stereocenters. The van der Waals surface area contributed by atoms with Crippen molar-refractivity contribution in [3.05, 3.63) is 59.2 Å². The predicted octanol–water partition coefficient (Wildman–Crippen LogP) is 2.07. The van der Waals surface area contributed by atoms with Gasteiger partial charge in [-0.05, 0) is 48.4 Å². The Bertz CT molecular complexity index is 827. The van der Waals surface area contributed by atoms with E-state index in [0.29, 0.717) is 24.5 Å². The molecular weight excluding hydrogens is 358 g/mol. The Labute approximate surface area is 155 Å². The average molecular weight is 378 g/mol. The maximum atomic E-state index is 13.1. The van der Waals surface area contributed by atoms with Crippen LogP contribution in [0.15, 0.2) is 36.4 Å². The van der Waals surface area contributed by atoms with E-state index in [1.165, 1.54) is 0 Å². The number of carbonyl (C=O) groups excluding carboxylic acids is 2. The summed E-state index contributed by atoms with van der Waals surface area (Å²) in [7, 11) is 3.11. The molecule has 0 radical (unpaired) electrons. The van der Waals surface area contributed by atoms with Gasteiger partial charge in [0.25, 0.3) is 5.91 Å². The fraction of sp³-hybridized carbons (Fsp3) is 0.263. The fourth-order valence-electron chi connectivity index (χ4n) is 2.38. The fourth-order valence-corrected chi connectivity index (χ4v) is 2.38. The Hall–Kier alpha value is -3.16. The van der Waals surface area contributed by atoms with Crippen molar-refractivity contribution in [3.63, 3.8) is 0 Å². The van der Waals surface area contributed by atoms with Gasteiger partial charge in [0.1, 0.15) is 11.5 Å². The number of hydrogen-bond donors (Lipinski definition) is 2. The van der Waals surface area contributed by atoms with Gasteiger partial charge in [0, 0.05) is 12.1 Å². The van der Waals surface area contributed by atoms with Gasteiger partial charge in [-0.25, -0.2) is 8.78 Å². The Morgan fingerprint density at radius 1 is 0.963 bits per heavy atom. The molecule has 0 heterocycles. The Kier molecular flexibility index (Phi) is 7.10. The third-order valence-corrected chi connectivity index (χ3v) is 3.80. The SMILES string of the molecule is COc1ccc(OC)c(CCNC(=O)CNC(=O)c2ccc(F)c(F)c2)c1. The van der Waals surface area contributed by atoms with E-state index >= 15 is 0 Å². The van der Waals surface area contributed by atoms with Crippen molar-refractivity contribution in [2.45, 2.75) is 6.42 Å². The van der Waals surface area contributed by atoms with Crippen molar-refractivity contribution in [1.29, 1.82) is 0 Å². The van der Waals surface area contributed by atoms with E-state index in [2.05, 4.69) is 10.6 Å². The lowest BCUT2D eigenvalue weighted by atomic mass is 10.1. The minimum Gasteiger partial charge on any atom is -0.497 e. The molecule has 2 aromatic carbocycles. The summed E-state index contributed by atoms with van der Waals surface area (Å²) in [5.41, 5.74) is 0.797. The van der Waals surface area contributed by atoms with E-state index in [0.717, 1.165) is 23.8 Å². The van der Waals surface area contributed by atoms with Crippen LogP contribution >= 0.6 is 0 Å². The molecule has 0 saturated carbocycles. The van der Waals surface area contributed by atoms with Crippen LogP contribution in [0, 0.1) is 11.6 Å². The average Bonchev–Trinajstić information content (AvgIpc) is 2.68. The summed E-state index contributed by atoms with van der Waals surface area (Å²) in [6, 6.07) is 8.13. The van der Waals surface area contributed by atoms with E-state index in [4.69, 9.17) is 9.47 Å². The van der Waals surface area contributed by atoms with Crippen molar-refractivity contribution >= 4 is 11.8 Å². The lowest BCUT2D eigenvalue weighted by Gasteiger charge is -2.11. The van der Waals surface area contributed by atoms with E-state index in [1.54, 1.807) is 26.4 Å². The Morgan fingerprint density at radius 2 is 1.74 bits per heavy atom. The van der Waals surface area contributed by atoms with Crippen LogP contribution in [0.25, 0.3) is 0 Å². The van der Waals surface area contributed by atoms with Gasteiger partial charge in [0.15, 0.2) is 11.6 Å². The number of ether oxygens (including phenoxy) is 2. The first kappa shape index (κ1) is 20.2. The summed E-state index contributed by atoms with van der Waals surface area (Å²) in [5.74, 6) is -1.89. The van der Waals surface area contributed by atoms with Gasteiger partial charge in [0.2, 0.25) is 5.91 Å². The van der Waals surface area contributed by atoms with Crippen LogP contribution in [0.1, 0.15) is 15.9 Å². The highest BCUT2D eigenvalue weighted by Gasteiger charge is 2.11. The van der Waals surface area contributed by atoms with Crippen LogP contribution in [0.2, 0.25) is 0 Å². The second-order valence-electron chi connectivity index (χ2n) is 5.59. The monoisotopic (exact) mass is 378 g/mol. The van der Waals surface area contributed by atoms with Crippen molar-refractivity contribution in [1.82, 2.24) is 10.6 Å². The molecule has 2 N–H and O–H groups in total. The highest BCUT2D eigenvalue weighted by Crippen LogP contribution is 2.24. The molecule has 2 amide bonds. The Balaban J connectivity index is 1.81. The molecule has 6 nitrogen and oxygen atoms in total. The molecule has 0 aliphatic carbocycles. The molecule has 8 heteroatoms. The molecule has 0 unspecified atom stereocenters. The first-order valence-electron chi connectivity index (χ1n) is 8.15. The molecule has 0 bridgehead atoms. The number of methoxy groups -OCH3 is 2. The van der Waals surface area contributed by atoms with Crippen LogP contribution in [0.3, 0.4) is 0 Å². The smallest absolute Gasteiger partial charge is 0.251 e. The van der Waals surface area contributed by atoms with Crippen molar-refractivity contribution in [2.75, 3.05) is 27.3 Å². The molecule has 27 heavy (non-hydrogen) atoms. The van der Waals surface area contributed by atoms with Gasteiger partial charge in [0.05, 0.1) is 20.8 Å². The zero-order chi connectivity index (χ0) is 19.8. The van der Waals surface area contributed by atoms with Gasteiger partial charge in [-0.15, -0.1) is 0 Å². The summed E-state index contributed by atoms with van der Waals surface area (Å²) in [6.07, 6.45) is 0.503. The second-order valence-corrected chi connectivity index (χ2v) is 5.59. The van der Waals surface area contributed by atoms with E-state index < -0.39 is 23.4 Å².